The fourth-order valence-electron chi connectivity index (χ4n) is 1.62. The molecule has 2 rings (SSSR count). The van der Waals surface area contributed by atoms with Gasteiger partial charge in [-0.3, -0.25) is 20.2 Å². The molecule has 0 radical (unpaired) electrons. The largest absolute Gasteiger partial charge is 0.340 e. The molecule has 0 aliphatic rings. The van der Waals surface area contributed by atoms with Crippen molar-refractivity contribution < 1.29 is 9.72 Å². The molecule has 0 bridgehead atoms. The molecule has 9 heteroatoms. The maximum atomic E-state index is 12.0. The average molecular weight is 296 g/mol. The number of rotatable bonds is 3. The van der Waals surface area contributed by atoms with Crippen LogP contribution in [-0.4, -0.2) is 25.4 Å². The summed E-state index contributed by atoms with van der Waals surface area (Å²) >= 11 is 5.76. The van der Waals surface area contributed by atoms with E-state index in [9.17, 15) is 14.9 Å². The molecule has 0 spiro atoms. The molecule has 2 aromatic rings. The maximum Gasteiger partial charge on any atom is 0.287 e. The molecule has 0 aromatic carbocycles. The third-order valence-corrected chi connectivity index (χ3v) is 2.68. The van der Waals surface area contributed by atoms with Crippen molar-refractivity contribution in [2.24, 2.45) is 7.05 Å². The Morgan fingerprint density at radius 3 is 2.70 bits per heavy atom. The number of anilines is 1. The van der Waals surface area contributed by atoms with Gasteiger partial charge in [0.2, 0.25) is 5.95 Å². The summed E-state index contributed by atoms with van der Waals surface area (Å²) in [5, 5.41) is 13.3. The Kier molecular flexibility index (Phi) is 3.66. The molecular weight excluding hydrogens is 286 g/mol. The first-order valence-electron chi connectivity index (χ1n) is 5.50. The number of aromatic nitrogens is 3. The Balaban J connectivity index is 2.26. The summed E-state index contributed by atoms with van der Waals surface area (Å²) in [4.78, 5) is 29.9. The van der Waals surface area contributed by atoms with Crippen LogP contribution >= 0.6 is 11.6 Å². The monoisotopic (exact) mass is 295 g/mol. The number of nitrogens with one attached hydrogen (secondary N) is 1. The van der Waals surface area contributed by atoms with Crippen molar-refractivity contribution in [3.8, 4) is 0 Å². The number of carbonyl (C=O) groups excluding carboxylic acids is 1. The first kappa shape index (κ1) is 13.9. The minimum absolute atomic E-state index is 0.0452. The summed E-state index contributed by atoms with van der Waals surface area (Å²) in [6, 6.07) is 2.72. The number of amides is 1. The van der Waals surface area contributed by atoms with Crippen molar-refractivity contribution >= 4 is 29.1 Å². The third-order valence-electron chi connectivity index (χ3n) is 2.48. The van der Waals surface area contributed by atoms with Gasteiger partial charge in [-0.05, 0) is 13.0 Å². The number of halogens is 1. The topological polar surface area (TPSA) is 103 Å². The second-order valence-electron chi connectivity index (χ2n) is 4.06. The quantitative estimate of drug-likeness (QED) is 0.529. The van der Waals surface area contributed by atoms with E-state index in [1.807, 2.05) is 0 Å². The van der Waals surface area contributed by atoms with Crippen LogP contribution in [0.25, 0.3) is 0 Å². The number of nitro groups is 1. The van der Waals surface area contributed by atoms with Gasteiger partial charge < -0.3 is 4.57 Å². The van der Waals surface area contributed by atoms with Crippen molar-refractivity contribution in [3.05, 3.63) is 45.0 Å². The van der Waals surface area contributed by atoms with Crippen molar-refractivity contribution in [1.82, 2.24) is 14.5 Å². The van der Waals surface area contributed by atoms with E-state index >= 15 is 0 Å². The van der Waals surface area contributed by atoms with Gasteiger partial charge in [-0.25, -0.2) is 9.97 Å². The predicted octanol–water partition coefficient (Wildman–Crippen LogP) is 1.94. The molecule has 0 atom stereocenters. The SMILES string of the molecule is Cc1cc(Cl)nc(NC(=O)c2cc([N+](=O)[O-])cn2C)n1. The molecule has 0 unspecified atom stereocenters. The number of hydrogen-bond donors (Lipinski definition) is 1. The van der Waals surface area contributed by atoms with E-state index in [4.69, 9.17) is 11.6 Å². The van der Waals surface area contributed by atoms with Crippen LogP contribution in [-0.2, 0) is 7.05 Å². The summed E-state index contributed by atoms with van der Waals surface area (Å²) < 4.78 is 1.35. The normalized spacial score (nSPS) is 10.3. The zero-order valence-corrected chi connectivity index (χ0v) is 11.4. The Morgan fingerprint density at radius 2 is 2.15 bits per heavy atom. The molecule has 104 valence electrons. The van der Waals surface area contributed by atoms with Gasteiger partial charge in [0.15, 0.2) is 0 Å². The number of carbonyl (C=O) groups is 1. The van der Waals surface area contributed by atoms with Crippen LogP contribution in [0.2, 0.25) is 5.15 Å². The third kappa shape index (κ3) is 2.91. The van der Waals surface area contributed by atoms with Crippen LogP contribution in [0.1, 0.15) is 16.2 Å². The predicted molar refractivity (Wildman–Crippen MR) is 71.8 cm³/mol. The molecule has 0 fully saturated rings. The molecule has 2 heterocycles. The van der Waals surface area contributed by atoms with E-state index in [0.717, 1.165) is 0 Å². The molecule has 2 aromatic heterocycles. The van der Waals surface area contributed by atoms with E-state index in [2.05, 4.69) is 15.3 Å². The Hall–Kier alpha value is -2.48. The average Bonchev–Trinajstić information content (AvgIpc) is 2.70. The van der Waals surface area contributed by atoms with Crippen LogP contribution in [0, 0.1) is 17.0 Å². The van der Waals surface area contributed by atoms with Crippen molar-refractivity contribution in [3.63, 3.8) is 0 Å². The molecule has 0 saturated carbocycles. The summed E-state index contributed by atoms with van der Waals surface area (Å²) in [7, 11) is 1.53. The Labute approximate surface area is 118 Å². The molecule has 0 aliphatic heterocycles. The van der Waals surface area contributed by atoms with Gasteiger partial charge in [-0.1, -0.05) is 11.6 Å². The first-order valence-corrected chi connectivity index (χ1v) is 5.88. The van der Waals surface area contributed by atoms with E-state index in [1.54, 1.807) is 13.0 Å². The number of aryl methyl sites for hydroxylation is 2. The first-order chi connectivity index (χ1) is 9.36. The zero-order valence-electron chi connectivity index (χ0n) is 10.6. The standard InChI is InChI=1S/C11H10ClN5O3/c1-6-3-9(12)14-11(13-6)15-10(18)8-4-7(17(19)20)5-16(8)2/h3-5H,1-2H3,(H,13,14,15,18). The maximum absolute atomic E-state index is 12.0. The highest BCUT2D eigenvalue weighted by Crippen LogP contribution is 2.16. The molecule has 1 amide bonds. The summed E-state index contributed by atoms with van der Waals surface area (Å²) in [5.74, 6) is -0.508. The molecular formula is C11H10ClN5O3. The highest BCUT2D eigenvalue weighted by molar-refractivity contribution is 6.29. The number of nitrogens with zero attached hydrogens (tertiary/aromatic N) is 4. The van der Waals surface area contributed by atoms with Crippen molar-refractivity contribution in [1.29, 1.82) is 0 Å². The van der Waals surface area contributed by atoms with Gasteiger partial charge in [0.1, 0.15) is 10.8 Å². The lowest BCUT2D eigenvalue weighted by atomic mass is 10.4. The minimum Gasteiger partial charge on any atom is -0.340 e. The van der Waals surface area contributed by atoms with Crippen LogP contribution in [0.4, 0.5) is 11.6 Å². The molecule has 0 aliphatic carbocycles. The van der Waals surface area contributed by atoms with Crippen molar-refractivity contribution in [2.45, 2.75) is 6.92 Å². The van der Waals surface area contributed by atoms with Crippen LogP contribution in [0.15, 0.2) is 18.3 Å². The van der Waals surface area contributed by atoms with E-state index < -0.39 is 10.8 Å². The van der Waals surface area contributed by atoms with Crippen molar-refractivity contribution in [2.75, 3.05) is 5.32 Å². The van der Waals surface area contributed by atoms with Crippen LogP contribution in [0.5, 0.6) is 0 Å². The van der Waals surface area contributed by atoms with E-state index in [-0.39, 0.29) is 22.5 Å². The lowest BCUT2D eigenvalue weighted by Crippen LogP contribution is -2.17. The summed E-state index contributed by atoms with van der Waals surface area (Å²) in [5.41, 5.74) is 0.553. The highest BCUT2D eigenvalue weighted by Gasteiger charge is 2.18. The number of hydrogen-bond acceptors (Lipinski definition) is 5. The Bertz CT molecular complexity index is 677. The van der Waals surface area contributed by atoms with Gasteiger partial charge in [-0.2, -0.15) is 0 Å². The highest BCUT2D eigenvalue weighted by atomic mass is 35.5. The summed E-state index contributed by atoms with van der Waals surface area (Å²) in [6.45, 7) is 1.70. The minimum atomic E-state index is -0.573. The van der Waals surface area contributed by atoms with E-state index in [1.165, 1.54) is 23.9 Å². The van der Waals surface area contributed by atoms with Gasteiger partial charge in [-0.15, -0.1) is 0 Å². The van der Waals surface area contributed by atoms with Gasteiger partial charge >= 0.3 is 0 Å². The smallest absolute Gasteiger partial charge is 0.287 e. The zero-order chi connectivity index (χ0) is 14.9. The lowest BCUT2D eigenvalue weighted by Gasteiger charge is -2.05. The van der Waals surface area contributed by atoms with Gasteiger partial charge in [0.25, 0.3) is 11.6 Å². The van der Waals surface area contributed by atoms with Gasteiger partial charge in [0.05, 0.1) is 11.1 Å². The van der Waals surface area contributed by atoms with Gasteiger partial charge in [0, 0.05) is 18.8 Å². The molecule has 0 saturated heterocycles. The van der Waals surface area contributed by atoms with Crippen LogP contribution in [0.3, 0.4) is 0 Å². The second kappa shape index (κ2) is 5.25. The van der Waals surface area contributed by atoms with Crippen LogP contribution < -0.4 is 5.32 Å². The fourth-order valence-corrected chi connectivity index (χ4v) is 1.86. The van der Waals surface area contributed by atoms with E-state index in [0.29, 0.717) is 5.69 Å². The second-order valence-corrected chi connectivity index (χ2v) is 4.45. The Morgan fingerprint density at radius 1 is 1.45 bits per heavy atom. The fraction of sp³-hybridized carbons (Fsp3) is 0.182. The molecule has 8 nitrogen and oxygen atoms in total. The molecule has 20 heavy (non-hydrogen) atoms. The summed E-state index contributed by atoms with van der Waals surface area (Å²) in [6.07, 6.45) is 1.25. The lowest BCUT2D eigenvalue weighted by molar-refractivity contribution is -0.384. The molecule has 1 N–H and O–H groups in total.